The lowest BCUT2D eigenvalue weighted by Gasteiger charge is -2.19. The van der Waals surface area contributed by atoms with Crippen LogP contribution in [0.3, 0.4) is 0 Å². The molecular weight excluding hydrogens is 304 g/mol. The molecule has 1 aromatic heterocycles. The van der Waals surface area contributed by atoms with E-state index in [0.717, 1.165) is 28.1 Å². The van der Waals surface area contributed by atoms with Crippen LogP contribution < -0.4 is 4.90 Å². The number of rotatable bonds is 4. The molecule has 0 aliphatic heterocycles. The third-order valence-corrected chi connectivity index (χ3v) is 3.54. The van der Waals surface area contributed by atoms with Gasteiger partial charge < -0.3 is 10.0 Å². The van der Waals surface area contributed by atoms with E-state index >= 15 is 0 Å². The number of aromatic nitrogens is 1. The van der Waals surface area contributed by atoms with Crippen molar-refractivity contribution in [1.82, 2.24) is 4.98 Å². The monoisotopic (exact) mass is 320 g/mol. The minimum atomic E-state index is 0.0362. The fourth-order valence-corrected chi connectivity index (χ4v) is 2.39. The van der Waals surface area contributed by atoms with Gasteiger partial charge in [0.25, 0.3) is 0 Å². The first-order valence-corrected chi connectivity index (χ1v) is 6.92. The van der Waals surface area contributed by atoms with Gasteiger partial charge in [0.2, 0.25) is 0 Å². The molecule has 2 rings (SSSR count). The van der Waals surface area contributed by atoms with E-state index in [1.54, 1.807) is 0 Å². The van der Waals surface area contributed by atoms with Crippen LogP contribution in [0.4, 0.5) is 5.82 Å². The minimum absolute atomic E-state index is 0.0362. The first-order valence-electron chi connectivity index (χ1n) is 6.13. The number of aliphatic hydroxyl groups excluding tert-OH is 1. The third-order valence-electron chi connectivity index (χ3n) is 3.05. The summed E-state index contributed by atoms with van der Waals surface area (Å²) in [6.45, 7) is 2.75. The molecule has 0 aliphatic rings. The summed E-state index contributed by atoms with van der Waals surface area (Å²) in [6.07, 6.45) is 0. The van der Waals surface area contributed by atoms with E-state index < -0.39 is 0 Å². The van der Waals surface area contributed by atoms with Gasteiger partial charge in [-0.1, -0.05) is 34.1 Å². The average molecular weight is 321 g/mol. The van der Waals surface area contributed by atoms with Gasteiger partial charge in [-0.25, -0.2) is 4.98 Å². The first-order chi connectivity index (χ1) is 9.10. The van der Waals surface area contributed by atoms with Crippen LogP contribution in [0.25, 0.3) is 0 Å². The Morgan fingerprint density at radius 2 is 2.05 bits per heavy atom. The SMILES string of the molecule is Cc1nc(N(C)Cc2cccc(Br)c2)ccc1CO. The lowest BCUT2D eigenvalue weighted by atomic mass is 10.2. The third kappa shape index (κ3) is 3.55. The highest BCUT2D eigenvalue weighted by atomic mass is 79.9. The number of halogens is 1. The van der Waals surface area contributed by atoms with Crippen molar-refractivity contribution in [1.29, 1.82) is 0 Å². The van der Waals surface area contributed by atoms with Gasteiger partial charge in [0.05, 0.1) is 6.61 Å². The molecule has 4 heteroatoms. The van der Waals surface area contributed by atoms with Gasteiger partial charge in [-0.3, -0.25) is 0 Å². The smallest absolute Gasteiger partial charge is 0.128 e. The maximum atomic E-state index is 9.15. The Bertz CT molecular complexity index is 572. The maximum absolute atomic E-state index is 9.15. The Balaban J connectivity index is 2.15. The van der Waals surface area contributed by atoms with Crippen molar-refractivity contribution < 1.29 is 5.11 Å². The summed E-state index contributed by atoms with van der Waals surface area (Å²) in [6, 6.07) is 12.1. The second kappa shape index (κ2) is 6.17. The van der Waals surface area contributed by atoms with E-state index in [1.165, 1.54) is 5.56 Å². The van der Waals surface area contributed by atoms with Gasteiger partial charge in [-0.2, -0.15) is 0 Å². The quantitative estimate of drug-likeness (QED) is 0.939. The normalized spacial score (nSPS) is 10.5. The van der Waals surface area contributed by atoms with Crippen LogP contribution in [-0.4, -0.2) is 17.1 Å². The first kappa shape index (κ1) is 14.0. The number of anilines is 1. The molecule has 100 valence electrons. The molecule has 0 radical (unpaired) electrons. The summed E-state index contributed by atoms with van der Waals surface area (Å²) in [5.41, 5.74) is 2.98. The fourth-order valence-electron chi connectivity index (χ4n) is 1.95. The molecular formula is C15H17BrN2O. The molecule has 1 N–H and O–H groups in total. The number of nitrogens with zero attached hydrogens (tertiary/aromatic N) is 2. The van der Waals surface area contributed by atoms with Gasteiger partial charge in [0, 0.05) is 23.8 Å². The van der Waals surface area contributed by atoms with Crippen molar-refractivity contribution in [3.8, 4) is 0 Å². The molecule has 0 atom stereocenters. The molecule has 19 heavy (non-hydrogen) atoms. The summed E-state index contributed by atoms with van der Waals surface area (Å²) in [5, 5.41) is 9.15. The van der Waals surface area contributed by atoms with Crippen LogP contribution in [0.5, 0.6) is 0 Å². The van der Waals surface area contributed by atoms with Crippen LogP contribution in [-0.2, 0) is 13.2 Å². The Labute approximate surface area is 122 Å². The van der Waals surface area contributed by atoms with Crippen molar-refractivity contribution in [3.05, 3.63) is 57.7 Å². The number of benzene rings is 1. The molecule has 0 saturated carbocycles. The van der Waals surface area contributed by atoms with Crippen molar-refractivity contribution >= 4 is 21.7 Å². The van der Waals surface area contributed by atoms with Gasteiger partial charge in [0.15, 0.2) is 0 Å². The minimum Gasteiger partial charge on any atom is -0.392 e. The zero-order valence-electron chi connectivity index (χ0n) is 11.1. The predicted molar refractivity (Wildman–Crippen MR) is 81.1 cm³/mol. The fraction of sp³-hybridized carbons (Fsp3) is 0.267. The van der Waals surface area contributed by atoms with E-state index in [4.69, 9.17) is 5.11 Å². The standard InChI is InChI=1S/C15H17BrN2O/c1-11-13(10-19)6-7-15(17-11)18(2)9-12-4-3-5-14(16)8-12/h3-8,19H,9-10H2,1-2H3. The summed E-state index contributed by atoms with van der Waals surface area (Å²) < 4.78 is 1.08. The van der Waals surface area contributed by atoms with E-state index in [1.807, 2.05) is 38.2 Å². The van der Waals surface area contributed by atoms with E-state index in [0.29, 0.717) is 0 Å². The Kier molecular flexibility index (Phi) is 4.56. The topological polar surface area (TPSA) is 36.4 Å². The number of aliphatic hydroxyl groups is 1. The van der Waals surface area contributed by atoms with Gasteiger partial charge >= 0.3 is 0 Å². The Hall–Kier alpha value is -1.39. The molecule has 0 fully saturated rings. The second-order valence-corrected chi connectivity index (χ2v) is 5.47. The molecule has 0 aliphatic carbocycles. The Morgan fingerprint density at radius 3 is 2.68 bits per heavy atom. The van der Waals surface area contributed by atoms with Crippen LogP contribution >= 0.6 is 15.9 Å². The Morgan fingerprint density at radius 1 is 1.26 bits per heavy atom. The summed E-state index contributed by atoms with van der Waals surface area (Å²) in [4.78, 5) is 6.61. The highest BCUT2D eigenvalue weighted by Crippen LogP contribution is 2.18. The molecule has 3 nitrogen and oxygen atoms in total. The van der Waals surface area contributed by atoms with Gasteiger partial charge in [0.1, 0.15) is 5.82 Å². The van der Waals surface area contributed by atoms with E-state index in [2.05, 4.69) is 37.9 Å². The summed E-state index contributed by atoms with van der Waals surface area (Å²) >= 11 is 3.48. The molecule has 0 bridgehead atoms. The largest absolute Gasteiger partial charge is 0.392 e. The summed E-state index contributed by atoms with van der Waals surface area (Å²) in [5.74, 6) is 0.912. The van der Waals surface area contributed by atoms with E-state index in [-0.39, 0.29) is 6.61 Å². The van der Waals surface area contributed by atoms with Crippen LogP contribution in [0, 0.1) is 6.92 Å². The van der Waals surface area contributed by atoms with E-state index in [9.17, 15) is 0 Å². The van der Waals surface area contributed by atoms with Gasteiger partial charge in [-0.05, 0) is 36.2 Å². The molecule has 2 aromatic rings. The number of aryl methyl sites for hydroxylation is 1. The van der Waals surface area contributed by atoms with Crippen LogP contribution in [0.1, 0.15) is 16.8 Å². The van der Waals surface area contributed by atoms with Crippen molar-refractivity contribution in [2.45, 2.75) is 20.1 Å². The number of hydrogen-bond donors (Lipinski definition) is 1. The molecule has 0 amide bonds. The molecule has 1 aromatic carbocycles. The lowest BCUT2D eigenvalue weighted by Crippen LogP contribution is -2.18. The second-order valence-electron chi connectivity index (χ2n) is 4.56. The van der Waals surface area contributed by atoms with Crippen LogP contribution in [0.2, 0.25) is 0 Å². The van der Waals surface area contributed by atoms with Crippen LogP contribution in [0.15, 0.2) is 40.9 Å². The predicted octanol–water partition coefficient (Wildman–Crippen LogP) is 3.28. The highest BCUT2D eigenvalue weighted by molar-refractivity contribution is 9.10. The average Bonchev–Trinajstić information content (AvgIpc) is 2.38. The van der Waals surface area contributed by atoms with Crippen molar-refractivity contribution in [2.75, 3.05) is 11.9 Å². The molecule has 0 saturated heterocycles. The summed E-state index contributed by atoms with van der Waals surface area (Å²) in [7, 11) is 2.02. The lowest BCUT2D eigenvalue weighted by molar-refractivity contribution is 0.280. The van der Waals surface area contributed by atoms with Gasteiger partial charge in [-0.15, -0.1) is 0 Å². The number of pyridine rings is 1. The zero-order valence-corrected chi connectivity index (χ0v) is 12.7. The molecule has 0 unspecified atom stereocenters. The molecule has 1 heterocycles. The zero-order chi connectivity index (χ0) is 13.8. The maximum Gasteiger partial charge on any atom is 0.128 e. The number of hydrogen-bond acceptors (Lipinski definition) is 3. The molecule has 0 spiro atoms. The van der Waals surface area contributed by atoms with Crippen molar-refractivity contribution in [3.63, 3.8) is 0 Å². The van der Waals surface area contributed by atoms with Crippen molar-refractivity contribution in [2.24, 2.45) is 0 Å². The highest BCUT2D eigenvalue weighted by Gasteiger charge is 2.06.